The van der Waals surface area contributed by atoms with Crippen molar-refractivity contribution < 1.29 is 23.9 Å². The fourth-order valence-electron chi connectivity index (χ4n) is 2.90. The third-order valence-corrected chi connectivity index (χ3v) is 4.70. The van der Waals surface area contributed by atoms with E-state index in [-0.39, 0.29) is 18.3 Å². The van der Waals surface area contributed by atoms with Gasteiger partial charge in [0.15, 0.2) is 6.10 Å². The average Bonchev–Trinajstić information content (AvgIpc) is 3.25. The van der Waals surface area contributed by atoms with Crippen LogP contribution in [-0.4, -0.2) is 45.3 Å². The minimum atomic E-state index is -1.04. The number of H-pyrrole nitrogens is 1. The van der Waals surface area contributed by atoms with Crippen LogP contribution in [0.2, 0.25) is 0 Å². The summed E-state index contributed by atoms with van der Waals surface area (Å²) in [6.45, 7) is 10.7. The van der Waals surface area contributed by atoms with Gasteiger partial charge in [0, 0.05) is 11.8 Å². The van der Waals surface area contributed by atoms with E-state index in [2.05, 4.69) is 15.4 Å². The van der Waals surface area contributed by atoms with E-state index in [4.69, 9.17) is 9.47 Å². The lowest BCUT2D eigenvalue weighted by atomic mass is 10.1. The highest BCUT2D eigenvalue weighted by Gasteiger charge is 2.27. The summed E-state index contributed by atoms with van der Waals surface area (Å²) in [5.74, 6) is -1.18. The standard InChI is InChI=1S/C20H28N4O5/c1-7-11(3)24-15(9-10-21-24)23-18(25)14(6)29-20(27)17-12(4)16(13(5)22-17)19(26)28-8-2/h9-11,14,22H,7-8H2,1-6H3,(H,23,25)/t11-,14-/m0/s1. The van der Waals surface area contributed by atoms with Crippen molar-refractivity contribution in [3.8, 4) is 0 Å². The zero-order chi connectivity index (χ0) is 21.7. The molecule has 0 radical (unpaired) electrons. The lowest BCUT2D eigenvalue weighted by Gasteiger charge is -2.17. The van der Waals surface area contributed by atoms with Crippen molar-refractivity contribution in [3.05, 3.63) is 34.8 Å². The van der Waals surface area contributed by atoms with Crippen molar-refractivity contribution in [2.24, 2.45) is 0 Å². The van der Waals surface area contributed by atoms with Gasteiger partial charge in [0.1, 0.15) is 11.5 Å². The molecule has 0 aliphatic rings. The second-order valence-electron chi connectivity index (χ2n) is 6.80. The molecule has 1 amide bonds. The molecule has 2 aromatic rings. The van der Waals surface area contributed by atoms with Crippen molar-refractivity contribution in [3.63, 3.8) is 0 Å². The van der Waals surface area contributed by atoms with E-state index in [0.29, 0.717) is 22.6 Å². The summed E-state index contributed by atoms with van der Waals surface area (Å²) in [6.07, 6.45) is 1.40. The highest BCUT2D eigenvalue weighted by Crippen LogP contribution is 2.21. The van der Waals surface area contributed by atoms with Crippen LogP contribution in [0.15, 0.2) is 12.3 Å². The number of aromatic amines is 1. The molecule has 2 aromatic heterocycles. The van der Waals surface area contributed by atoms with Crippen LogP contribution >= 0.6 is 0 Å². The minimum absolute atomic E-state index is 0.115. The molecule has 0 aromatic carbocycles. The fourth-order valence-corrected chi connectivity index (χ4v) is 2.90. The largest absolute Gasteiger partial charge is 0.462 e. The van der Waals surface area contributed by atoms with Gasteiger partial charge in [0.25, 0.3) is 5.91 Å². The fraction of sp³-hybridized carbons (Fsp3) is 0.500. The number of anilines is 1. The number of carbonyl (C=O) groups excluding carboxylic acids is 3. The highest BCUT2D eigenvalue weighted by molar-refractivity contribution is 6.00. The van der Waals surface area contributed by atoms with Gasteiger partial charge in [0.2, 0.25) is 0 Å². The van der Waals surface area contributed by atoms with Gasteiger partial charge in [-0.15, -0.1) is 0 Å². The molecule has 0 aliphatic carbocycles. The Labute approximate surface area is 169 Å². The van der Waals surface area contributed by atoms with Crippen LogP contribution in [0.1, 0.15) is 72.3 Å². The monoisotopic (exact) mass is 404 g/mol. The summed E-state index contributed by atoms with van der Waals surface area (Å²) in [5, 5.41) is 6.94. The molecule has 2 rings (SSSR count). The molecule has 0 unspecified atom stereocenters. The zero-order valence-electron chi connectivity index (χ0n) is 17.7. The second kappa shape index (κ2) is 9.40. The molecule has 158 valence electrons. The lowest BCUT2D eigenvalue weighted by Crippen LogP contribution is -2.31. The molecule has 0 spiro atoms. The van der Waals surface area contributed by atoms with Gasteiger partial charge in [-0.25, -0.2) is 14.3 Å². The number of aromatic nitrogens is 3. The van der Waals surface area contributed by atoms with Gasteiger partial charge in [-0.1, -0.05) is 6.92 Å². The maximum Gasteiger partial charge on any atom is 0.355 e. The molecule has 0 aliphatic heterocycles. The summed E-state index contributed by atoms with van der Waals surface area (Å²) in [5.41, 5.74) is 1.35. The van der Waals surface area contributed by atoms with E-state index in [9.17, 15) is 14.4 Å². The Morgan fingerprint density at radius 2 is 1.90 bits per heavy atom. The first-order chi connectivity index (χ1) is 13.7. The number of hydrogen-bond donors (Lipinski definition) is 2. The number of carbonyl (C=O) groups is 3. The molecule has 0 fully saturated rings. The van der Waals surface area contributed by atoms with Crippen molar-refractivity contribution in [1.82, 2.24) is 14.8 Å². The molecule has 0 saturated heterocycles. The third-order valence-electron chi connectivity index (χ3n) is 4.70. The second-order valence-corrected chi connectivity index (χ2v) is 6.80. The number of aryl methyl sites for hydroxylation is 1. The molecule has 29 heavy (non-hydrogen) atoms. The zero-order valence-corrected chi connectivity index (χ0v) is 17.7. The number of esters is 2. The first-order valence-corrected chi connectivity index (χ1v) is 9.62. The number of ether oxygens (including phenoxy) is 2. The van der Waals surface area contributed by atoms with Crippen LogP contribution in [0.3, 0.4) is 0 Å². The first-order valence-electron chi connectivity index (χ1n) is 9.62. The number of hydrogen-bond acceptors (Lipinski definition) is 6. The Morgan fingerprint density at radius 1 is 1.21 bits per heavy atom. The van der Waals surface area contributed by atoms with E-state index < -0.39 is 23.9 Å². The van der Waals surface area contributed by atoms with Crippen LogP contribution in [0, 0.1) is 13.8 Å². The molecule has 2 N–H and O–H groups in total. The Morgan fingerprint density at radius 3 is 2.52 bits per heavy atom. The van der Waals surface area contributed by atoms with Crippen LogP contribution in [0.4, 0.5) is 5.82 Å². The SMILES string of the molecule is CCOC(=O)c1c(C)[nH]c(C(=O)O[C@@H](C)C(=O)Nc2ccnn2[C@@H](C)CC)c1C. The summed E-state index contributed by atoms with van der Waals surface area (Å²) in [7, 11) is 0. The highest BCUT2D eigenvalue weighted by atomic mass is 16.5. The first kappa shape index (κ1) is 22.2. The predicted octanol–water partition coefficient (Wildman–Crippen LogP) is 3.16. The summed E-state index contributed by atoms with van der Waals surface area (Å²) in [6, 6.07) is 1.80. The van der Waals surface area contributed by atoms with Crippen molar-refractivity contribution >= 4 is 23.7 Å². The van der Waals surface area contributed by atoms with Crippen molar-refractivity contribution in [2.75, 3.05) is 11.9 Å². The summed E-state index contributed by atoms with van der Waals surface area (Å²) < 4.78 is 12.0. The summed E-state index contributed by atoms with van der Waals surface area (Å²) >= 11 is 0. The van der Waals surface area contributed by atoms with Gasteiger partial charge in [-0.05, 0) is 46.6 Å². The average molecular weight is 404 g/mol. The quantitative estimate of drug-likeness (QED) is 0.653. The number of rotatable bonds is 8. The van der Waals surface area contributed by atoms with E-state index in [0.717, 1.165) is 6.42 Å². The van der Waals surface area contributed by atoms with Gasteiger partial charge in [0.05, 0.1) is 24.4 Å². The van der Waals surface area contributed by atoms with E-state index >= 15 is 0 Å². The van der Waals surface area contributed by atoms with Crippen LogP contribution in [0.5, 0.6) is 0 Å². The molecule has 0 saturated carbocycles. The van der Waals surface area contributed by atoms with Gasteiger partial charge in [-0.3, -0.25) is 4.79 Å². The van der Waals surface area contributed by atoms with Gasteiger partial charge < -0.3 is 19.8 Å². The summed E-state index contributed by atoms with van der Waals surface area (Å²) in [4.78, 5) is 40.0. The predicted molar refractivity (Wildman–Crippen MR) is 107 cm³/mol. The van der Waals surface area contributed by atoms with Crippen LogP contribution < -0.4 is 5.32 Å². The van der Waals surface area contributed by atoms with Crippen LogP contribution in [0.25, 0.3) is 0 Å². The minimum Gasteiger partial charge on any atom is -0.462 e. The third kappa shape index (κ3) is 4.85. The molecule has 2 heterocycles. The van der Waals surface area contributed by atoms with Crippen molar-refractivity contribution in [1.29, 1.82) is 0 Å². The van der Waals surface area contributed by atoms with E-state index in [1.165, 1.54) is 6.92 Å². The number of nitrogens with zero attached hydrogens (tertiary/aromatic N) is 2. The topological polar surface area (TPSA) is 115 Å². The molecule has 2 atom stereocenters. The Bertz CT molecular complexity index is 899. The molecule has 9 heteroatoms. The Hall–Kier alpha value is -3.10. The number of nitrogens with one attached hydrogen (secondary N) is 2. The smallest absolute Gasteiger partial charge is 0.355 e. The Kier molecular flexibility index (Phi) is 7.19. The molecular formula is C20H28N4O5. The van der Waals surface area contributed by atoms with E-state index in [1.54, 1.807) is 37.7 Å². The molecule has 9 nitrogen and oxygen atoms in total. The normalized spacial score (nSPS) is 12.9. The van der Waals surface area contributed by atoms with Crippen LogP contribution in [-0.2, 0) is 14.3 Å². The van der Waals surface area contributed by atoms with E-state index in [1.807, 2.05) is 13.8 Å². The maximum atomic E-state index is 12.5. The number of amides is 1. The molecule has 0 bridgehead atoms. The Balaban J connectivity index is 2.09. The van der Waals surface area contributed by atoms with Gasteiger partial charge >= 0.3 is 11.9 Å². The lowest BCUT2D eigenvalue weighted by molar-refractivity contribution is -0.123. The maximum absolute atomic E-state index is 12.5. The molecular weight excluding hydrogens is 376 g/mol. The van der Waals surface area contributed by atoms with Crippen molar-refractivity contribution in [2.45, 2.75) is 60.1 Å². The van der Waals surface area contributed by atoms with Gasteiger partial charge in [-0.2, -0.15) is 5.10 Å².